The zero-order valence-corrected chi connectivity index (χ0v) is 12.7. The molecule has 1 N–H and O–H groups in total. The summed E-state index contributed by atoms with van der Waals surface area (Å²) in [5, 5.41) is 4.52. The molecule has 17 heavy (non-hydrogen) atoms. The predicted octanol–water partition coefficient (Wildman–Crippen LogP) is 3.01. The van der Waals surface area contributed by atoms with Crippen LogP contribution in [0.5, 0.6) is 0 Å². The number of hydrogen-bond donors (Lipinski definition) is 1. The van der Waals surface area contributed by atoms with E-state index in [1.54, 1.807) is 11.5 Å². The maximum absolute atomic E-state index is 4.64. The van der Waals surface area contributed by atoms with Gasteiger partial charge in [0.15, 0.2) is 0 Å². The van der Waals surface area contributed by atoms with Gasteiger partial charge in [0.05, 0.1) is 0 Å². The van der Waals surface area contributed by atoms with Gasteiger partial charge in [-0.1, -0.05) is 34.6 Å². The Balaban J connectivity index is 2.65. The fourth-order valence-corrected chi connectivity index (χ4v) is 2.64. The lowest BCUT2D eigenvalue weighted by atomic mass is 9.96. The topological polar surface area (TPSA) is 37.8 Å². The Morgan fingerprint density at radius 2 is 1.94 bits per heavy atom. The number of hydrogen-bond acceptors (Lipinski definition) is 4. The molecule has 0 bridgehead atoms. The largest absolute Gasteiger partial charge is 0.317 e. The van der Waals surface area contributed by atoms with Crippen LogP contribution in [0.3, 0.4) is 0 Å². The quantitative estimate of drug-likeness (QED) is 0.879. The summed E-state index contributed by atoms with van der Waals surface area (Å²) < 4.78 is 4.46. The number of nitrogens with one attached hydrogen (secondary N) is 1. The first-order chi connectivity index (χ1) is 7.82. The first-order valence-electron chi connectivity index (χ1n) is 6.33. The average molecular weight is 255 g/mol. The molecule has 0 aliphatic heterocycles. The maximum atomic E-state index is 4.64. The van der Waals surface area contributed by atoms with Crippen molar-refractivity contribution in [3.05, 3.63) is 10.8 Å². The summed E-state index contributed by atoms with van der Waals surface area (Å²) in [6.45, 7) is 11.0. The van der Waals surface area contributed by atoms with Crippen LogP contribution >= 0.6 is 11.5 Å². The van der Waals surface area contributed by atoms with Gasteiger partial charge in [0.2, 0.25) is 0 Å². The van der Waals surface area contributed by atoms with Crippen molar-refractivity contribution < 1.29 is 0 Å². The lowest BCUT2D eigenvalue weighted by Gasteiger charge is -2.16. The molecule has 4 heteroatoms. The third-order valence-corrected chi connectivity index (χ3v) is 3.46. The van der Waals surface area contributed by atoms with Crippen LogP contribution in [0.25, 0.3) is 0 Å². The molecule has 98 valence electrons. The van der Waals surface area contributed by atoms with E-state index in [1.807, 2.05) is 7.05 Å². The molecule has 1 aromatic rings. The molecule has 1 unspecified atom stereocenters. The van der Waals surface area contributed by atoms with Crippen molar-refractivity contribution in [2.45, 2.75) is 58.9 Å². The van der Waals surface area contributed by atoms with Gasteiger partial charge in [-0.25, -0.2) is 4.98 Å². The lowest BCUT2D eigenvalue weighted by Crippen LogP contribution is -2.29. The summed E-state index contributed by atoms with van der Waals surface area (Å²) in [6.07, 6.45) is 2.17. The third-order valence-electron chi connectivity index (χ3n) is 2.72. The maximum Gasteiger partial charge on any atom is 0.147 e. The van der Waals surface area contributed by atoms with Crippen LogP contribution in [0.15, 0.2) is 0 Å². The second-order valence-corrected chi connectivity index (χ2v) is 6.92. The highest BCUT2D eigenvalue weighted by molar-refractivity contribution is 7.05. The normalized spacial score (nSPS) is 14.3. The molecule has 0 amide bonds. The van der Waals surface area contributed by atoms with E-state index in [2.05, 4.69) is 49.3 Å². The van der Waals surface area contributed by atoms with Gasteiger partial charge in [0.25, 0.3) is 0 Å². The van der Waals surface area contributed by atoms with Gasteiger partial charge in [-0.2, -0.15) is 4.37 Å². The fourth-order valence-electron chi connectivity index (χ4n) is 1.73. The molecule has 1 atom stereocenters. The third kappa shape index (κ3) is 4.72. The smallest absolute Gasteiger partial charge is 0.147 e. The summed E-state index contributed by atoms with van der Waals surface area (Å²) >= 11 is 1.55. The highest BCUT2D eigenvalue weighted by Crippen LogP contribution is 2.21. The minimum atomic E-state index is 0.0575. The monoisotopic (exact) mass is 255 g/mol. The van der Waals surface area contributed by atoms with Gasteiger partial charge in [0.1, 0.15) is 10.8 Å². The van der Waals surface area contributed by atoms with Gasteiger partial charge in [0, 0.05) is 17.9 Å². The first kappa shape index (κ1) is 14.6. The van der Waals surface area contributed by atoms with Gasteiger partial charge < -0.3 is 5.32 Å². The fraction of sp³-hybridized carbons (Fsp3) is 0.846. The highest BCUT2D eigenvalue weighted by atomic mass is 32.1. The molecular formula is C13H25N3S. The number of nitrogens with zero attached hydrogens (tertiary/aromatic N) is 2. The summed E-state index contributed by atoms with van der Waals surface area (Å²) in [4.78, 5) is 4.64. The van der Waals surface area contributed by atoms with E-state index in [-0.39, 0.29) is 5.41 Å². The second-order valence-electron chi connectivity index (χ2n) is 6.08. The van der Waals surface area contributed by atoms with E-state index in [0.29, 0.717) is 12.0 Å². The Morgan fingerprint density at radius 1 is 1.29 bits per heavy atom. The van der Waals surface area contributed by atoms with Crippen molar-refractivity contribution in [2.24, 2.45) is 5.92 Å². The van der Waals surface area contributed by atoms with E-state index in [1.165, 1.54) is 6.42 Å². The van der Waals surface area contributed by atoms with Crippen molar-refractivity contribution in [1.29, 1.82) is 0 Å². The molecule has 0 saturated carbocycles. The molecule has 0 radical (unpaired) electrons. The predicted molar refractivity (Wildman–Crippen MR) is 74.6 cm³/mol. The van der Waals surface area contributed by atoms with Crippen molar-refractivity contribution in [3.63, 3.8) is 0 Å². The minimum absolute atomic E-state index is 0.0575. The van der Waals surface area contributed by atoms with Crippen LogP contribution in [0, 0.1) is 5.92 Å². The van der Waals surface area contributed by atoms with E-state index in [4.69, 9.17) is 0 Å². The van der Waals surface area contributed by atoms with E-state index >= 15 is 0 Å². The molecule has 0 aliphatic rings. The van der Waals surface area contributed by atoms with Crippen LogP contribution in [0.1, 0.15) is 51.9 Å². The van der Waals surface area contributed by atoms with Gasteiger partial charge >= 0.3 is 0 Å². The summed E-state index contributed by atoms with van der Waals surface area (Å²) in [5.41, 5.74) is 0.0575. The van der Waals surface area contributed by atoms with Crippen molar-refractivity contribution in [1.82, 2.24) is 14.7 Å². The van der Waals surface area contributed by atoms with Crippen molar-refractivity contribution >= 4 is 11.5 Å². The molecule has 1 rings (SSSR count). The van der Waals surface area contributed by atoms with Crippen LogP contribution in [-0.2, 0) is 11.8 Å². The molecule has 0 spiro atoms. The van der Waals surface area contributed by atoms with Gasteiger partial charge in [-0.15, -0.1) is 0 Å². The minimum Gasteiger partial charge on any atom is -0.317 e. The lowest BCUT2D eigenvalue weighted by molar-refractivity contribution is 0.439. The number of aromatic nitrogens is 2. The number of rotatable bonds is 5. The van der Waals surface area contributed by atoms with Gasteiger partial charge in [-0.3, -0.25) is 0 Å². The molecule has 0 saturated heterocycles. The first-order valence-corrected chi connectivity index (χ1v) is 7.10. The molecule has 0 fully saturated rings. The Morgan fingerprint density at radius 3 is 2.35 bits per heavy atom. The van der Waals surface area contributed by atoms with E-state index < -0.39 is 0 Å². The van der Waals surface area contributed by atoms with Crippen molar-refractivity contribution in [2.75, 3.05) is 7.05 Å². The Bertz CT molecular complexity index is 339. The van der Waals surface area contributed by atoms with Crippen LogP contribution < -0.4 is 5.32 Å². The molecule has 0 aromatic carbocycles. The summed E-state index contributed by atoms with van der Waals surface area (Å²) in [7, 11) is 2.03. The molecule has 1 aromatic heterocycles. The summed E-state index contributed by atoms with van der Waals surface area (Å²) in [5.74, 6) is 1.68. The van der Waals surface area contributed by atoms with Crippen molar-refractivity contribution in [3.8, 4) is 0 Å². The molecule has 0 aliphatic carbocycles. The van der Waals surface area contributed by atoms with E-state index in [9.17, 15) is 0 Å². The molecule has 3 nitrogen and oxygen atoms in total. The van der Waals surface area contributed by atoms with Crippen LogP contribution in [-0.4, -0.2) is 22.4 Å². The zero-order chi connectivity index (χ0) is 13.1. The van der Waals surface area contributed by atoms with Crippen LogP contribution in [0.2, 0.25) is 0 Å². The summed E-state index contributed by atoms with van der Waals surface area (Å²) in [6, 6.07) is 0.510. The van der Waals surface area contributed by atoms with Gasteiger partial charge in [-0.05, 0) is 30.9 Å². The van der Waals surface area contributed by atoms with Crippen LogP contribution in [0.4, 0.5) is 0 Å². The molecule has 1 heterocycles. The average Bonchev–Trinajstić information content (AvgIpc) is 2.63. The standard InChI is InChI=1S/C13H25N3S/c1-9(2)7-10(14-6)8-11-15-12(16-17-11)13(3,4)5/h9-10,14H,7-8H2,1-6H3. The SMILES string of the molecule is CNC(Cc1nc(C(C)(C)C)ns1)CC(C)C. The second kappa shape index (κ2) is 5.91. The zero-order valence-electron chi connectivity index (χ0n) is 11.9. The highest BCUT2D eigenvalue weighted by Gasteiger charge is 2.20. The Kier molecular flexibility index (Phi) is 5.07. The molecular weight excluding hydrogens is 230 g/mol. The Hall–Kier alpha value is -0.480. The van der Waals surface area contributed by atoms with E-state index in [0.717, 1.165) is 17.3 Å². The Labute approximate surface area is 109 Å². The number of likely N-dealkylation sites (N-methyl/N-ethyl adjacent to an activating group) is 1.